The largest absolute Gasteiger partial charge is 0.489 e. The second-order valence-electron chi connectivity index (χ2n) is 6.21. The number of guanidine groups is 1. The van der Waals surface area contributed by atoms with Crippen molar-refractivity contribution in [3.63, 3.8) is 0 Å². The lowest BCUT2D eigenvalue weighted by Gasteiger charge is -2.21. The lowest BCUT2D eigenvalue weighted by Crippen LogP contribution is -2.42. The van der Waals surface area contributed by atoms with Crippen LogP contribution in [0, 0.1) is 5.82 Å². The van der Waals surface area contributed by atoms with Crippen LogP contribution in [0.5, 0.6) is 5.75 Å². The molecule has 1 heterocycles. The molecule has 142 valence electrons. The fourth-order valence-corrected chi connectivity index (χ4v) is 2.29. The number of hydrogen-bond acceptors (Lipinski definition) is 4. The molecule has 0 aliphatic rings. The van der Waals surface area contributed by atoms with Crippen molar-refractivity contribution in [1.82, 2.24) is 10.6 Å². The Bertz CT molecular complexity index is 702. The highest BCUT2D eigenvalue weighted by atomic mass is 19.1. The molecule has 2 rings (SSSR count). The van der Waals surface area contributed by atoms with E-state index in [2.05, 4.69) is 15.6 Å². The first-order valence-corrected chi connectivity index (χ1v) is 8.61. The number of nitrogens with zero attached hydrogens (tertiary/aromatic N) is 1. The third kappa shape index (κ3) is 6.07. The standard InChI is InChI=1S/C19H26FN3O3/c1-4-21-18(23-13-19(3,24)17-9-6-10-25-17)22-12-14(2)26-16-8-5-7-15(20)11-16/h5-11,14,24H,4,12-13H2,1-3H3,(H2,21,22,23). The summed E-state index contributed by atoms with van der Waals surface area (Å²) < 4.78 is 24.1. The molecule has 0 bridgehead atoms. The topological polar surface area (TPSA) is 79.0 Å². The van der Waals surface area contributed by atoms with Gasteiger partial charge in [0.25, 0.3) is 0 Å². The lowest BCUT2D eigenvalue weighted by molar-refractivity contribution is 0.0437. The maximum atomic E-state index is 13.2. The number of halogens is 1. The molecule has 0 saturated heterocycles. The zero-order valence-corrected chi connectivity index (χ0v) is 15.3. The first-order chi connectivity index (χ1) is 12.4. The minimum absolute atomic E-state index is 0.134. The minimum Gasteiger partial charge on any atom is -0.489 e. The van der Waals surface area contributed by atoms with Crippen molar-refractivity contribution in [3.05, 3.63) is 54.2 Å². The van der Waals surface area contributed by atoms with Gasteiger partial charge in [-0.2, -0.15) is 0 Å². The fraction of sp³-hybridized carbons (Fsp3) is 0.421. The summed E-state index contributed by atoms with van der Waals surface area (Å²) in [5.74, 6) is 1.15. The van der Waals surface area contributed by atoms with E-state index in [0.29, 0.717) is 30.6 Å². The van der Waals surface area contributed by atoms with E-state index in [0.717, 1.165) is 0 Å². The van der Waals surface area contributed by atoms with Gasteiger partial charge < -0.3 is 24.9 Å². The van der Waals surface area contributed by atoms with Gasteiger partial charge in [0, 0.05) is 12.6 Å². The van der Waals surface area contributed by atoms with Crippen molar-refractivity contribution in [2.75, 3.05) is 19.6 Å². The van der Waals surface area contributed by atoms with Crippen LogP contribution in [0.25, 0.3) is 0 Å². The second-order valence-corrected chi connectivity index (χ2v) is 6.21. The molecule has 0 aliphatic heterocycles. The summed E-state index contributed by atoms with van der Waals surface area (Å²) in [5, 5.41) is 16.7. The number of furan rings is 1. The number of aliphatic imine (C=N–C) groups is 1. The van der Waals surface area contributed by atoms with Gasteiger partial charge in [0.2, 0.25) is 0 Å². The van der Waals surface area contributed by atoms with Crippen LogP contribution < -0.4 is 15.4 Å². The number of nitrogens with one attached hydrogen (secondary N) is 2. The molecule has 6 nitrogen and oxygen atoms in total. The third-order valence-electron chi connectivity index (χ3n) is 3.63. The summed E-state index contributed by atoms with van der Waals surface area (Å²) in [6.07, 6.45) is 1.31. The molecule has 26 heavy (non-hydrogen) atoms. The number of hydrogen-bond donors (Lipinski definition) is 3. The second kappa shape index (κ2) is 9.24. The van der Waals surface area contributed by atoms with Crippen molar-refractivity contribution in [3.8, 4) is 5.75 Å². The maximum Gasteiger partial charge on any atom is 0.191 e. The van der Waals surface area contributed by atoms with Gasteiger partial charge in [0.15, 0.2) is 5.96 Å². The van der Waals surface area contributed by atoms with Crippen LogP contribution in [-0.4, -0.2) is 36.8 Å². The monoisotopic (exact) mass is 363 g/mol. The van der Waals surface area contributed by atoms with E-state index in [4.69, 9.17) is 9.15 Å². The summed E-state index contributed by atoms with van der Waals surface area (Å²) in [6, 6.07) is 9.46. The van der Waals surface area contributed by atoms with Gasteiger partial charge in [0.05, 0.1) is 19.4 Å². The molecule has 2 aromatic rings. The lowest BCUT2D eigenvalue weighted by atomic mass is 10.0. The first-order valence-electron chi connectivity index (χ1n) is 8.61. The molecule has 1 aromatic carbocycles. The number of rotatable bonds is 8. The third-order valence-corrected chi connectivity index (χ3v) is 3.63. The van der Waals surface area contributed by atoms with E-state index < -0.39 is 5.60 Å². The summed E-state index contributed by atoms with van der Waals surface area (Å²) in [5.41, 5.74) is -1.20. The summed E-state index contributed by atoms with van der Waals surface area (Å²) in [6.45, 7) is 6.75. The van der Waals surface area contributed by atoms with Crippen LogP contribution in [0.15, 0.2) is 52.1 Å². The van der Waals surface area contributed by atoms with Crippen LogP contribution in [0.1, 0.15) is 26.5 Å². The first kappa shape index (κ1) is 19.8. The van der Waals surface area contributed by atoms with E-state index in [9.17, 15) is 9.50 Å². The smallest absolute Gasteiger partial charge is 0.191 e. The summed E-state index contributed by atoms with van der Waals surface area (Å²) >= 11 is 0. The van der Waals surface area contributed by atoms with Crippen LogP contribution >= 0.6 is 0 Å². The molecule has 2 atom stereocenters. The molecule has 0 saturated carbocycles. The average molecular weight is 363 g/mol. The van der Waals surface area contributed by atoms with E-state index in [-0.39, 0.29) is 18.5 Å². The summed E-state index contributed by atoms with van der Waals surface area (Å²) in [7, 11) is 0. The number of benzene rings is 1. The molecule has 1 aromatic heterocycles. The van der Waals surface area contributed by atoms with E-state index >= 15 is 0 Å². The molecule has 0 radical (unpaired) electrons. The predicted octanol–water partition coefficient (Wildman–Crippen LogP) is 2.65. The SMILES string of the molecule is CCNC(=NCC(C)(O)c1ccco1)NCC(C)Oc1cccc(F)c1. The Kier molecular flexibility index (Phi) is 7.03. The van der Waals surface area contributed by atoms with E-state index in [1.165, 1.54) is 18.4 Å². The molecular weight excluding hydrogens is 337 g/mol. The Labute approximate surface area is 153 Å². The van der Waals surface area contributed by atoms with Gasteiger partial charge in [-0.05, 0) is 45.0 Å². The molecule has 2 unspecified atom stereocenters. The van der Waals surface area contributed by atoms with Gasteiger partial charge in [-0.25, -0.2) is 9.38 Å². The Balaban J connectivity index is 1.90. The zero-order chi connectivity index (χ0) is 19.0. The predicted molar refractivity (Wildman–Crippen MR) is 98.8 cm³/mol. The Morgan fingerprint density at radius 3 is 2.81 bits per heavy atom. The average Bonchev–Trinajstić information content (AvgIpc) is 3.13. The minimum atomic E-state index is -1.20. The molecule has 3 N–H and O–H groups in total. The molecule has 0 amide bonds. The fourth-order valence-electron chi connectivity index (χ4n) is 2.29. The normalized spacial score (nSPS) is 15.2. The van der Waals surface area contributed by atoms with Crippen LogP contribution in [0.3, 0.4) is 0 Å². The van der Waals surface area contributed by atoms with Crippen LogP contribution in [-0.2, 0) is 5.60 Å². The Morgan fingerprint density at radius 1 is 1.35 bits per heavy atom. The van der Waals surface area contributed by atoms with Gasteiger partial charge >= 0.3 is 0 Å². The molecular formula is C19H26FN3O3. The maximum absolute atomic E-state index is 13.2. The van der Waals surface area contributed by atoms with Crippen LogP contribution in [0.4, 0.5) is 4.39 Å². The molecule has 0 fully saturated rings. The molecule has 7 heteroatoms. The molecule has 0 spiro atoms. The van der Waals surface area contributed by atoms with Gasteiger partial charge in [-0.15, -0.1) is 0 Å². The number of aliphatic hydroxyl groups is 1. The van der Waals surface area contributed by atoms with Crippen molar-refractivity contribution in [2.24, 2.45) is 4.99 Å². The van der Waals surface area contributed by atoms with Crippen molar-refractivity contribution in [2.45, 2.75) is 32.5 Å². The number of ether oxygens (including phenoxy) is 1. The Morgan fingerprint density at radius 2 is 2.15 bits per heavy atom. The Hall–Kier alpha value is -2.54. The zero-order valence-electron chi connectivity index (χ0n) is 15.3. The highest BCUT2D eigenvalue weighted by Crippen LogP contribution is 2.21. The van der Waals surface area contributed by atoms with Crippen molar-refractivity contribution in [1.29, 1.82) is 0 Å². The molecule has 0 aliphatic carbocycles. The van der Waals surface area contributed by atoms with Crippen LogP contribution in [0.2, 0.25) is 0 Å². The van der Waals surface area contributed by atoms with E-state index in [1.807, 2.05) is 13.8 Å². The van der Waals surface area contributed by atoms with Gasteiger partial charge in [-0.3, -0.25) is 0 Å². The highest BCUT2D eigenvalue weighted by molar-refractivity contribution is 5.79. The van der Waals surface area contributed by atoms with Crippen molar-refractivity contribution >= 4 is 5.96 Å². The van der Waals surface area contributed by atoms with Gasteiger partial charge in [0.1, 0.15) is 29.0 Å². The van der Waals surface area contributed by atoms with E-state index in [1.54, 1.807) is 31.2 Å². The summed E-state index contributed by atoms with van der Waals surface area (Å²) in [4.78, 5) is 4.40. The highest BCUT2D eigenvalue weighted by Gasteiger charge is 2.26. The quantitative estimate of drug-likeness (QED) is 0.496. The van der Waals surface area contributed by atoms with Gasteiger partial charge in [-0.1, -0.05) is 6.07 Å². The van der Waals surface area contributed by atoms with Crippen molar-refractivity contribution < 1.29 is 18.7 Å².